The zero-order chi connectivity index (χ0) is 11.6. The van der Waals surface area contributed by atoms with Crippen LogP contribution in [0.25, 0.3) is 0 Å². The van der Waals surface area contributed by atoms with Gasteiger partial charge in [-0.1, -0.05) is 54.4 Å². The second-order valence-corrected chi connectivity index (χ2v) is 6.26. The van der Waals surface area contributed by atoms with Crippen LogP contribution in [0.1, 0.15) is 38.7 Å². The summed E-state index contributed by atoms with van der Waals surface area (Å²) in [4.78, 5) is 0. The molecule has 1 N–H and O–H groups in total. The molecule has 2 rings (SSSR count). The second-order valence-electron chi connectivity index (χ2n) is 5.41. The van der Waals surface area contributed by atoms with Gasteiger partial charge in [-0.05, 0) is 29.9 Å². The number of hydrogen-bond acceptors (Lipinski definition) is 1. The lowest BCUT2D eigenvalue weighted by Crippen LogP contribution is -2.37. The van der Waals surface area contributed by atoms with E-state index in [4.69, 9.17) is 0 Å². The second kappa shape index (κ2) is 4.89. The Morgan fingerprint density at radius 1 is 1.38 bits per heavy atom. The smallest absolute Gasteiger partial charge is 0.0220 e. The largest absolute Gasteiger partial charge is 0.309 e. The summed E-state index contributed by atoms with van der Waals surface area (Å²) in [6, 6.07) is 9.12. The van der Waals surface area contributed by atoms with Crippen LogP contribution < -0.4 is 5.32 Å². The first-order valence-corrected chi connectivity index (χ1v) is 6.86. The molecule has 0 radical (unpaired) electrons. The molecule has 0 heterocycles. The van der Waals surface area contributed by atoms with Crippen LogP contribution >= 0.6 is 15.9 Å². The molecule has 1 nitrogen and oxygen atoms in total. The van der Waals surface area contributed by atoms with Crippen LogP contribution in [0.15, 0.2) is 28.7 Å². The Labute approximate surface area is 107 Å². The van der Waals surface area contributed by atoms with E-state index in [1.165, 1.54) is 29.3 Å². The van der Waals surface area contributed by atoms with Crippen LogP contribution in [-0.4, -0.2) is 6.04 Å². The molecule has 88 valence electrons. The SMILES string of the molecule is CC1(C)CCCC1NCc1ccccc1Br. The standard InChI is InChI=1S/C14H20BrN/c1-14(2)9-5-8-13(14)16-10-11-6-3-4-7-12(11)15/h3-4,6-7,13,16H,5,8-10H2,1-2H3. The predicted octanol–water partition coefficient (Wildman–Crippen LogP) is 4.12. The molecule has 0 saturated heterocycles. The van der Waals surface area contributed by atoms with E-state index in [2.05, 4.69) is 59.4 Å². The van der Waals surface area contributed by atoms with Gasteiger partial charge in [0, 0.05) is 17.1 Å². The molecule has 1 atom stereocenters. The molecule has 0 aliphatic heterocycles. The third-order valence-corrected chi connectivity index (χ3v) is 4.53. The van der Waals surface area contributed by atoms with Crippen molar-refractivity contribution in [2.75, 3.05) is 0 Å². The van der Waals surface area contributed by atoms with Crippen LogP contribution in [-0.2, 0) is 6.54 Å². The Hall–Kier alpha value is -0.340. The highest BCUT2D eigenvalue weighted by Crippen LogP contribution is 2.37. The average Bonchev–Trinajstić information content (AvgIpc) is 2.57. The number of halogens is 1. The molecular formula is C14H20BrN. The quantitative estimate of drug-likeness (QED) is 0.879. The molecule has 1 unspecified atom stereocenters. The van der Waals surface area contributed by atoms with E-state index in [1.54, 1.807) is 0 Å². The van der Waals surface area contributed by atoms with Crippen LogP contribution in [0.2, 0.25) is 0 Å². The molecule has 0 amide bonds. The monoisotopic (exact) mass is 281 g/mol. The van der Waals surface area contributed by atoms with Crippen molar-refractivity contribution in [1.82, 2.24) is 5.32 Å². The first-order valence-electron chi connectivity index (χ1n) is 6.06. The maximum atomic E-state index is 3.70. The summed E-state index contributed by atoms with van der Waals surface area (Å²) in [5.41, 5.74) is 1.81. The number of nitrogens with one attached hydrogen (secondary N) is 1. The summed E-state index contributed by atoms with van der Waals surface area (Å²) in [7, 11) is 0. The fourth-order valence-electron chi connectivity index (χ4n) is 2.58. The summed E-state index contributed by atoms with van der Waals surface area (Å²) in [5.74, 6) is 0. The minimum atomic E-state index is 0.460. The Bertz CT molecular complexity index is 360. The lowest BCUT2D eigenvalue weighted by atomic mass is 9.87. The molecule has 1 saturated carbocycles. The van der Waals surface area contributed by atoms with Crippen molar-refractivity contribution in [1.29, 1.82) is 0 Å². The maximum absolute atomic E-state index is 3.70. The lowest BCUT2D eigenvalue weighted by molar-refractivity contribution is 0.282. The third kappa shape index (κ3) is 2.67. The van der Waals surface area contributed by atoms with Gasteiger partial charge in [0.1, 0.15) is 0 Å². The summed E-state index contributed by atoms with van der Waals surface area (Å²) in [6.07, 6.45) is 4.03. The van der Waals surface area contributed by atoms with E-state index in [0.29, 0.717) is 11.5 Å². The van der Waals surface area contributed by atoms with Gasteiger partial charge in [0.15, 0.2) is 0 Å². The average molecular weight is 282 g/mol. The van der Waals surface area contributed by atoms with Crippen LogP contribution in [0.5, 0.6) is 0 Å². The Balaban J connectivity index is 1.95. The normalized spacial score (nSPS) is 23.6. The van der Waals surface area contributed by atoms with Crippen molar-refractivity contribution >= 4 is 15.9 Å². The van der Waals surface area contributed by atoms with Gasteiger partial charge >= 0.3 is 0 Å². The highest BCUT2D eigenvalue weighted by atomic mass is 79.9. The first-order chi connectivity index (χ1) is 7.59. The predicted molar refractivity (Wildman–Crippen MR) is 72.4 cm³/mol. The van der Waals surface area contributed by atoms with Gasteiger partial charge in [0.05, 0.1) is 0 Å². The maximum Gasteiger partial charge on any atom is 0.0220 e. The highest BCUT2D eigenvalue weighted by Gasteiger charge is 2.33. The molecule has 0 spiro atoms. The summed E-state index contributed by atoms with van der Waals surface area (Å²) >= 11 is 3.59. The summed E-state index contributed by atoms with van der Waals surface area (Å²) in [5, 5.41) is 3.70. The molecule has 0 aromatic heterocycles. The molecule has 16 heavy (non-hydrogen) atoms. The van der Waals surface area contributed by atoms with Crippen LogP contribution in [0.4, 0.5) is 0 Å². The van der Waals surface area contributed by atoms with Crippen molar-refractivity contribution < 1.29 is 0 Å². The fraction of sp³-hybridized carbons (Fsp3) is 0.571. The third-order valence-electron chi connectivity index (χ3n) is 3.75. The summed E-state index contributed by atoms with van der Waals surface area (Å²) < 4.78 is 1.21. The summed E-state index contributed by atoms with van der Waals surface area (Å²) in [6.45, 7) is 5.71. The van der Waals surface area contributed by atoms with Crippen molar-refractivity contribution in [3.63, 3.8) is 0 Å². The van der Waals surface area contributed by atoms with Gasteiger partial charge in [-0.15, -0.1) is 0 Å². The van der Waals surface area contributed by atoms with E-state index in [9.17, 15) is 0 Å². The number of hydrogen-bond donors (Lipinski definition) is 1. The van der Waals surface area contributed by atoms with Gasteiger partial charge in [-0.3, -0.25) is 0 Å². The van der Waals surface area contributed by atoms with Gasteiger partial charge in [-0.25, -0.2) is 0 Å². The Morgan fingerprint density at radius 3 is 2.75 bits per heavy atom. The van der Waals surface area contributed by atoms with Crippen molar-refractivity contribution in [3.05, 3.63) is 34.3 Å². The molecule has 1 aliphatic rings. The molecule has 1 aliphatic carbocycles. The van der Waals surface area contributed by atoms with Crippen molar-refractivity contribution in [3.8, 4) is 0 Å². The van der Waals surface area contributed by atoms with Crippen LogP contribution in [0, 0.1) is 5.41 Å². The highest BCUT2D eigenvalue weighted by molar-refractivity contribution is 9.10. The van der Waals surface area contributed by atoms with E-state index < -0.39 is 0 Å². The Kier molecular flexibility index (Phi) is 3.70. The van der Waals surface area contributed by atoms with Gasteiger partial charge in [-0.2, -0.15) is 0 Å². The van der Waals surface area contributed by atoms with Gasteiger partial charge in [0.2, 0.25) is 0 Å². The van der Waals surface area contributed by atoms with Crippen LogP contribution in [0.3, 0.4) is 0 Å². The van der Waals surface area contributed by atoms with E-state index >= 15 is 0 Å². The molecule has 1 fully saturated rings. The van der Waals surface area contributed by atoms with E-state index in [1.807, 2.05) is 0 Å². The number of benzene rings is 1. The minimum absolute atomic E-state index is 0.460. The Morgan fingerprint density at radius 2 is 2.12 bits per heavy atom. The minimum Gasteiger partial charge on any atom is -0.309 e. The zero-order valence-corrected chi connectivity index (χ0v) is 11.7. The topological polar surface area (TPSA) is 12.0 Å². The fourth-order valence-corrected chi connectivity index (χ4v) is 3.01. The molecule has 1 aromatic carbocycles. The molecule has 1 aromatic rings. The van der Waals surface area contributed by atoms with E-state index in [0.717, 1.165) is 6.54 Å². The van der Waals surface area contributed by atoms with Crippen molar-refractivity contribution in [2.24, 2.45) is 5.41 Å². The van der Waals surface area contributed by atoms with Gasteiger partial charge < -0.3 is 5.32 Å². The zero-order valence-electron chi connectivity index (χ0n) is 10.1. The van der Waals surface area contributed by atoms with E-state index in [-0.39, 0.29) is 0 Å². The first kappa shape index (κ1) is 12.1. The molecular weight excluding hydrogens is 262 g/mol. The molecule has 2 heteroatoms. The van der Waals surface area contributed by atoms with Gasteiger partial charge in [0.25, 0.3) is 0 Å². The number of rotatable bonds is 3. The van der Waals surface area contributed by atoms with Crippen molar-refractivity contribution in [2.45, 2.75) is 45.7 Å². The molecule has 0 bridgehead atoms. The lowest BCUT2D eigenvalue weighted by Gasteiger charge is -2.28.